The molecule has 0 radical (unpaired) electrons. The molecule has 0 aliphatic rings. The molecule has 5 nitrogen and oxygen atoms in total. The molecular weight excluding hydrogens is 270 g/mol. The lowest BCUT2D eigenvalue weighted by atomic mass is 10.0. The summed E-state index contributed by atoms with van der Waals surface area (Å²) in [5, 5.41) is 11.5. The minimum atomic E-state index is -0.938. The summed E-state index contributed by atoms with van der Waals surface area (Å²) in [6, 6.07) is 5.22. The molecule has 0 aliphatic carbocycles. The van der Waals surface area contributed by atoms with Gasteiger partial charge in [-0.1, -0.05) is 11.6 Å². The fourth-order valence-corrected chi connectivity index (χ4v) is 1.76. The van der Waals surface area contributed by atoms with Crippen LogP contribution in [0.25, 0.3) is 6.08 Å². The number of aryl methyl sites for hydroxylation is 1. The molecule has 2 N–H and O–H groups in total. The van der Waals surface area contributed by atoms with Crippen LogP contribution in [-0.2, 0) is 9.59 Å². The topological polar surface area (TPSA) is 75.6 Å². The first kappa shape index (κ1) is 16.8. The van der Waals surface area contributed by atoms with Crippen LogP contribution in [-0.4, -0.2) is 30.1 Å². The number of carbonyl (C=O) groups excluding carboxylic acids is 1. The number of benzene rings is 1. The SMILES string of the molecule is COc1ccc(C)cc1/C=C/C(=O)NC(C)C(C)C(=O)O. The zero-order valence-electron chi connectivity index (χ0n) is 12.7. The van der Waals surface area contributed by atoms with Crippen LogP contribution in [0.3, 0.4) is 0 Å². The van der Waals surface area contributed by atoms with Crippen molar-refractivity contribution in [1.82, 2.24) is 5.32 Å². The molecule has 0 spiro atoms. The lowest BCUT2D eigenvalue weighted by molar-refractivity contribution is -0.142. The molecule has 2 atom stereocenters. The van der Waals surface area contributed by atoms with E-state index in [4.69, 9.17) is 9.84 Å². The van der Waals surface area contributed by atoms with E-state index in [2.05, 4.69) is 5.32 Å². The zero-order chi connectivity index (χ0) is 16.0. The van der Waals surface area contributed by atoms with E-state index < -0.39 is 17.9 Å². The summed E-state index contributed by atoms with van der Waals surface area (Å²) in [5.74, 6) is -1.24. The van der Waals surface area contributed by atoms with Gasteiger partial charge in [0.05, 0.1) is 13.0 Å². The molecule has 1 amide bonds. The highest BCUT2D eigenvalue weighted by atomic mass is 16.5. The first-order valence-corrected chi connectivity index (χ1v) is 6.71. The minimum Gasteiger partial charge on any atom is -0.496 e. The van der Waals surface area contributed by atoms with Crippen LogP contribution in [0.1, 0.15) is 25.0 Å². The highest BCUT2D eigenvalue weighted by molar-refractivity contribution is 5.92. The summed E-state index contributed by atoms with van der Waals surface area (Å²) in [4.78, 5) is 22.6. The quantitative estimate of drug-likeness (QED) is 0.788. The van der Waals surface area contributed by atoms with Crippen LogP contribution < -0.4 is 10.1 Å². The molecule has 0 aliphatic heterocycles. The Kier molecular flexibility index (Phi) is 5.96. The molecule has 21 heavy (non-hydrogen) atoms. The van der Waals surface area contributed by atoms with Gasteiger partial charge in [-0.25, -0.2) is 0 Å². The highest BCUT2D eigenvalue weighted by Crippen LogP contribution is 2.20. The number of rotatable bonds is 6. The summed E-state index contributed by atoms with van der Waals surface area (Å²) in [6.07, 6.45) is 3.03. The monoisotopic (exact) mass is 291 g/mol. The molecule has 1 aromatic carbocycles. The van der Waals surface area contributed by atoms with Gasteiger partial charge < -0.3 is 15.2 Å². The van der Waals surface area contributed by atoms with Crippen molar-refractivity contribution in [3.8, 4) is 5.75 Å². The van der Waals surface area contributed by atoms with E-state index >= 15 is 0 Å². The molecular formula is C16H21NO4. The van der Waals surface area contributed by atoms with Gasteiger partial charge in [0.2, 0.25) is 5.91 Å². The molecule has 1 rings (SSSR count). The van der Waals surface area contributed by atoms with Crippen LogP contribution in [0.5, 0.6) is 5.75 Å². The fraction of sp³-hybridized carbons (Fsp3) is 0.375. The van der Waals surface area contributed by atoms with Gasteiger partial charge in [0.15, 0.2) is 0 Å². The molecule has 0 heterocycles. The Hall–Kier alpha value is -2.30. The summed E-state index contributed by atoms with van der Waals surface area (Å²) >= 11 is 0. The highest BCUT2D eigenvalue weighted by Gasteiger charge is 2.20. The molecule has 0 aromatic heterocycles. The minimum absolute atomic E-state index is 0.334. The third-order valence-corrected chi connectivity index (χ3v) is 3.31. The van der Waals surface area contributed by atoms with Gasteiger partial charge >= 0.3 is 5.97 Å². The average molecular weight is 291 g/mol. The Morgan fingerprint density at radius 1 is 1.33 bits per heavy atom. The van der Waals surface area contributed by atoms with E-state index in [-0.39, 0.29) is 5.91 Å². The predicted octanol–water partition coefficient (Wildman–Crippen LogP) is 2.24. The third kappa shape index (κ3) is 4.95. The molecule has 0 saturated carbocycles. The predicted molar refractivity (Wildman–Crippen MR) is 81.2 cm³/mol. The Morgan fingerprint density at radius 2 is 2.00 bits per heavy atom. The van der Waals surface area contributed by atoms with Crippen molar-refractivity contribution in [2.24, 2.45) is 5.92 Å². The van der Waals surface area contributed by atoms with Crippen molar-refractivity contribution in [1.29, 1.82) is 0 Å². The van der Waals surface area contributed by atoms with E-state index in [0.717, 1.165) is 11.1 Å². The van der Waals surface area contributed by atoms with Gasteiger partial charge in [0.25, 0.3) is 0 Å². The fourth-order valence-electron chi connectivity index (χ4n) is 1.76. The second-order valence-electron chi connectivity index (χ2n) is 5.00. The van der Waals surface area contributed by atoms with Gasteiger partial charge in [-0.15, -0.1) is 0 Å². The summed E-state index contributed by atoms with van der Waals surface area (Å²) < 4.78 is 5.22. The number of aliphatic carboxylic acids is 1. The van der Waals surface area contributed by atoms with Crippen LogP contribution in [0.15, 0.2) is 24.3 Å². The van der Waals surface area contributed by atoms with Crippen LogP contribution in [0.4, 0.5) is 0 Å². The maximum Gasteiger partial charge on any atom is 0.308 e. The normalized spacial score (nSPS) is 13.7. The summed E-state index contributed by atoms with van der Waals surface area (Å²) in [5.41, 5.74) is 1.86. The van der Waals surface area contributed by atoms with Crippen LogP contribution >= 0.6 is 0 Å². The molecule has 114 valence electrons. The van der Waals surface area contributed by atoms with Crippen molar-refractivity contribution in [3.05, 3.63) is 35.4 Å². The molecule has 1 aromatic rings. The number of carbonyl (C=O) groups is 2. The number of hydrogen-bond acceptors (Lipinski definition) is 3. The van der Waals surface area contributed by atoms with E-state index in [9.17, 15) is 9.59 Å². The third-order valence-electron chi connectivity index (χ3n) is 3.31. The molecule has 0 fully saturated rings. The first-order chi connectivity index (χ1) is 9.85. The number of ether oxygens (including phenoxy) is 1. The number of methoxy groups -OCH3 is 1. The number of hydrogen-bond donors (Lipinski definition) is 2. The first-order valence-electron chi connectivity index (χ1n) is 6.71. The Labute approximate surface area is 124 Å². The largest absolute Gasteiger partial charge is 0.496 e. The number of carboxylic acid groups (broad SMARTS) is 1. The average Bonchev–Trinajstić information content (AvgIpc) is 2.44. The second-order valence-corrected chi connectivity index (χ2v) is 5.00. The van der Waals surface area contributed by atoms with Crippen molar-refractivity contribution >= 4 is 18.0 Å². The lowest BCUT2D eigenvalue weighted by Gasteiger charge is -2.16. The van der Waals surface area contributed by atoms with Crippen LogP contribution in [0, 0.1) is 12.8 Å². The maximum absolute atomic E-state index is 11.8. The smallest absolute Gasteiger partial charge is 0.308 e. The van der Waals surface area contributed by atoms with Crippen molar-refractivity contribution in [3.63, 3.8) is 0 Å². The van der Waals surface area contributed by atoms with Crippen molar-refractivity contribution in [2.45, 2.75) is 26.8 Å². The molecule has 2 unspecified atom stereocenters. The van der Waals surface area contributed by atoms with Crippen LogP contribution in [0.2, 0.25) is 0 Å². The Balaban J connectivity index is 2.74. The van der Waals surface area contributed by atoms with E-state index in [1.807, 2.05) is 25.1 Å². The van der Waals surface area contributed by atoms with Crippen molar-refractivity contribution in [2.75, 3.05) is 7.11 Å². The number of nitrogens with one attached hydrogen (secondary N) is 1. The molecule has 0 saturated heterocycles. The standard InChI is InChI=1S/C16H21NO4/c1-10-5-7-14(21-4)13(9-10)6-8-15(18)17-12(3)11(2)16(19)20/h5-9,11-12H,1-4H3,(H,17,18)(H,19,20)/b8-6+. The van der Waals surface area contributed by atoms with Gasteiger partial charge in [-0.05, 0) is 39.0 Å². The lowest BCUT2D eigenvalue weighted by Crippen LogP contribution is -2.39. The second kappa shape index (κ2) is 7.47. The Morgan fingerprint density at radius 3 is 2.57 bits per heavy atom. The van der Waals surface area contributed by atoms with Gasteiger partial charge in [0, 0.05) is 17.7 Å². The zero-order valence-corrected chi connectivity index (χ0v) is 12.7. The maximum atomic E-state index is 11.8. The van der Waals surface area contributed by atoms with Crippen molar-refractivity contribution < 1.29 is 19.4 Å². The Bertz CT molecular complexity index is 551. The van der Waals surface area contributed by atoms with E-state index in [1.165, 1.54) is 6.08 Å². The summed E-state index contributed by atoms with van der Waals surface area (Å²) in [6.45, 7) is 5.17. The van der Waals surface area contributed by atoms with Gasteiger partial charge in [0.1, 0.15) is 5.75 Å². The van der Waals surface area contributed by atoms with Gasteiger partial charge in [-0.2, -0.15) is 0 Å². The number of amides is 1. The number of carboxylic acids is 1. The molecule has 5 heteroatoms. The summed E-state index contributed by atoms with van der Waals surface area (Å²) in [7, 11) is 1.57. The van der Waals surface area contributed by atoms with E-state index in [1.54, 1.807) is 27.0 Å². The molecule has 0 bridgehead atoms. The van der Waals surface area contributed by atoms with Gasteiger partial charge in [-0.3, -0.25) is 9.59 Å². The van der Waals surface area contributed by atoms with E-state index in [0.29, 0.717) is 5.75 Å².